The SMILES string of the molecule is CCNC1CCOCC1CN(C)Cc1csc(Br)c1. The molecule has 1 fully saturated rings. The summed E-state index contributed by atoms with van der Waals surface area (Å²) in [5, 5.41) is 5.82. The van der Waals surface area contributed by atoms with Gasteiger partial charge in [-0.1, -0.05) is 6.92 Å². The molecule has 1 saturated heterocycles. The second-order valence-electron chi connectivity index (χ2n) is 5.24. The second kappa shape index (κ2) is 7.74. The molecule has 2 atom stereocenters. The highest BCUT2D eigenvalue weighted by Crippen LogP contribution is 2.22. The molecule has 1 aromatic rings. The minimum Gasteiger partial charge on any atom is -0.381 e. The zero-order chi connectivity index (χ0) is 13.7. The van der Waals surface area contributed by atoms with Crippen LogP contribution in [-0.2, 0) is 11.3 Å². The van der Waals surface area contributed by atoms with Crippen LogP contribution >= 0.6 is 27.3 Å². The van der Waals surface area contributed by atoms with Crippen molar-refractivity contribution in [3.05, 3.63) is 20.8 Å². The van der Waals surface area contributed by atoms with Crippen LogP contribution < -0.4 is 5.32 Å². The summed E-state index contributed by atoms with van der Waals surface area (Å²) >= 11 is 5.27. The van der Waals surface area contributed by atoms with Crippen LogP contribution in [0.1, 0.15) is 18.9 Å². The zero-order valence-corrected chi connectivity index (χ0v) is 14.1. The number of halogens is 1. The number of nitrogens with one attached hydrogen (secondary N) is 1. The van der Waals surface area contributed by atoms with Gasteiger partial charge in [-0.15, -0.1) is 11.3 Å². The van der Waals surface area contributed by atoms with Crippen molar-refractivity contribution < 1.29 is 4.74 Å². The third kappa shape index (κ3) is 4.83. The Morgan fingerprint density at radius 1 is 1.58 bits per heavy atom. The summed E-state index contributed by atoms with van der Waals surface area (Å²) in [6.45, 7) is 7.11. The molecule has 1 aliphatic heterocycles. The first kappa shape index (κ1) is 15.4. The number of hydrogen-bond donors (Lipinski definition) is 1. The fraction of sp³-hybridized carbons (Fsp3) is 0.714. The van der Waals surface area contributed by atoms with E-state index in [1.54, 1.807) is 11.3 Å². The minimum absolute atomic E-state index is 0.598. The molecule has 19 heavy (non-hydrogen) atoms. The van der Waals surface area contributed by atoms with Crippen molar-refractivity contribution >= 4 is 27.3 Å². The monoisotopic (exact) mass is 346 g/mol. The van der Waals surface area contributed by atoms with E-state index in [-0.39, 0.29) is 0 Å². The largest absolute Gasteiger partial charge is 0.381 e. The molecule has 2 rings (SSSR count). The molecule has 0 bridgehead atoms. The average Bonchev–Trinajstić information content (AvgIpc) is 2.77. The Hall–Kier alpha value is 0.0600. The lowest BCUT2D eigenvalue weighted by molar-refractivity contribution is 0.0193. The van der Waals surface area contributed by atoms with Crippen LogP contribution in [0.4, 0.5) is 0 Å². The number of thiophene rings is 1. The van der Waals surface area contributed by atoms with Gasteiger partial charge in [0.2, 0.25) is 0 Å². The van der Waals surface area contributed by atoms with Crippen molar-refractivity contribution in [2.24, 2.45) is 5.92 Å². The Kier molecular flexibility index (Phi) is 6.29. The summed E-state index contributed by atoms with van der Waals surface area (Å²) < 4.78 is 6.85. The summed E-state index contributed by atoms with van der Waals surface area (Å²) in [6.07, 6.45) is 1.14. The van der Waals surface area contributed by atoms with E-state index < -0.39 is 0 Å². The average molecular weight is 347 g/mol. The first-order valence-corrected chi connectivity index (χ1v) is 8.59. The molecule has 0 amide bonds. The molecular formula is C14H23BrN2OS. The standard InChI is InChI=1S/C14H23BrN2OS/c1-3-16-13-4-5-18-9-12(13)8-17(2)7-11-6-14(15)19-10-11/h6,10,12-13,16H,3-5,7-9H2,1-2H3. The predicted octanol–water partition coefficient (Wildman–Crippen LogP) is 2.96. The van der Waals surface area contributed by atoms with Gasteiger partial charge in [0.15, 0.2) is 0 Å². The Morgan fingerprint density at radius 2 is 2.42 bits per heavy atom. The highest BCUT2D eigenvalue weighted by atomic mass is 79.9. The smallest absolute Gasteiger partial charge is 0.0701 e. The number of rotatable bonds is 6. The van der Waals surface area contributed by atoms with E-state index in [1.165, 1.54) is 9.35 Å². The van der Waals surface area contributed by atoms with Crippen molar-refractivity contribution in [2.45, 2.75) is 25.9 Å². The maximum atomic E-state index is 5.64. The maximum Gasteiger partial charge on any atom is 0.0701 e. The molecule has 0 saturated carbocycles. The van der Waals surface area contributed by atoms with Crippen molar-refractivity contribution in [1.82, 2.24) is 10.2 Å². The van der Waals surface area contributed by atoms with Gasteiger partial charge in [-0.05, 0) is 53.0 Å². The van der Waals surface area contributed by atoms with Gasteiger partial charge in [-0.3, -0.25) is 0 Å². The molecule has 0 spiro atoms. The summed E-state index contributed by atoms with van der Waals surface area (Å²) in [4.78, 5) is 2.40. The number of hydrogen-bond acceptors (Lipinski definition) is 4. The topological polar surface area (TPSA) is 24.5 Å². The van der Waals surface area contributed by atoms with Gasteiger partial charge in [0.05, 0.1) is 10.4 Å². The first-order valence-electron chi connectivity index (χ1n) is 6.91. The maximum absolute atomic E-state index is 5.64. The lowest BCUT2D eigenvalue weighted by Gasteiger charge is -2.34. The van der Waals surface area contributed by atoms with Crippen LogP contribution in [0.5, 0.6) is 0 Å². The van der Waals surface area contributed by atoms with Crippen molar-refractivity contribution in [3.8, 4) is 0 Å². The Bertz CT molecular complexity index is 383. The number of nitrogens with zero attached hydrogens (tertiary/aromatic N) is 1. The highest BCUT2D eigenvalue weighted by molar-refractivity contribution is 9.11. The molecule has 108 valence electrons. The Balaban J connectivity index is 1.84. The molecule has 0 aliphatic carbocycles. The van der Waals surface area contributed by atoms with Gasteiger partial charge in [0.25, 0.3) is 0 Å². The van der Waals surface area contributed by atoms with E-state index >= 15 is 0 Å². The van der Waals surface area contributed by atoms with E-state index in [9.17, 15) is 0 Å². The lowest BCUT2D eigenvalue weighted by Crippen LogP contribution is -2.47. The van der Waals surface area contributed by atoms with E-state index in [0.29, 0.717) is 12.0 Å². The van der Waals surface area contributed by atoms with Crippen LogP contribution in [0.3, 0.4) is 0 Å². The van der Waals surface area contributed by atoms with Crippen LogP contribution in [0.2, 0.25) is 0 Å². The van der Waals surface area contributed by atoms with Crippen LogP contribution in [0, 0.1) is 5.92 Å². The van der Waals surface area contributed by atoms with Crippen LogP contribution in [0.15, 0.2) is 15.2 Å². The van der Waals surface area contributed by atoms with Gasteiger partial charge in [0.1, 0.15) is 0 Å². The van der Waals surface area contributed by atoms with E-state index in [4.69, 9.17) is 4.74 Å². The summed E-state index contributed by atoms with van der Waals surface area (Å²) in [7, 11) is 2.20. The van der Waals surface area contributed by atoms with Crippen molar-refractivity contribution in [1.29, 1.82) is 0 Å². The van der Waals surface area contributed by atoms with Gasteiger partial charge in [-0.25, -0.2) is 0 Å². The third-order valence-corrected chi connectivity index (χ3v) is 5.11. The quantitative estimate of drug-likeness (QED) is 0.856. The molecule has 3 nitrogen and oxygen atoms in total. The van der Waals surface area contributed by atoms with Crippen molar-refractivity contribution in [2.75, 3.05) is 33.4 Å². The molecule has 1 aliphatic rings. The van der Waals surface area contributed by atoms with Crippen LogP contribution in [-0.4, -0.2) is 44.3 Å². The molecule has 5 heteroatoms. The summed E-state index contributed by atoms with van der Waals surface area (Å²) in [5.74, 6) is 0.598. The molecule has 0 radical (unpaired) electrons. The molecule has 1 N–H and O–H groups in total. The predicted molar refractivity (Wildman–Crippen MR) is 84.7 cm³/mol. The van der Waals surface area contributed by atoms with E-state index in [1.807, 2.05) is 0 Å². The Labute approximate surface area is 128 Å². The molecule has 1 aromatic heterocycles. The fourth-order valence-electron chi connectivity index (χ4n) is 2.71. The van der Waals surface area contributed by atoms with Crippen molar-refractivity contribution in [3.63, 3.8) is 0 Å². The molecule has 2 heterocycles. The number of ether oxygens (including phenoxy) is 1. The molecule has 0 aromatic carbocycles. The minimum atomic E-state index is 0.598. The normalized spacial score (nSPS) is 24.0. The van der Waals surface area contributed by atoms with Gasteiger partial charge in [-0.2, -0.15) is 0 Å². The van der Waals surface area contributed by atoms with Gasteiger partial charge in [0, 0.05) is 31.7 Å². The lowest BCUT2D eigenvalue weighted by atomic mass is 9.95. The third-order valence-electron chi connectivity index (χ3n) is 3.56. The van der Waals surface area contributed by atoms with E-state index in [0.717, 1.165) is 39.3 Å². The van der Waals surface area contributed by atoms with E-state index in [2.05, 4.69) is 51.6 Å². The van der Waals surface area contributed by atoms with Gasteiger partial charge >= 0.3 is 0 Å². The first-order chi connectivity index (χ1) is 9.19. The summed E-state index contributed by atoms with van der Waals surface area (Å²) in [5.41, 5.74) is 1.39. The van der Waals surface area contributed by atoms with Crippen LogP contribution in [0.25, 0.3) is 0 Å². The summed E-state index contributed by atoms with van der Waals surface area (Å²) in [6, 6.07) is 2.82. The molecular weight excluding hydrogens is 324 g/mol. The fourth-order valence-corrected chi connectivity index (χ4v) is 3.91. The zero-order valence-electron chi connectivity index (χ0n) is 11.7. The Morgan fingerprint density at radius 3 is 3.11 bits per heavy atom. The van der Waals surface area contributed by atoms with Gasteiger partial charge < -0.3 is 15.0 Å². The highest BCUT2D eigenvalue weighted by Gasteiger charge is 2.25. The molecule has 2 unspecified atom stereocenters. The second-order valence-corrected chi connectivity index (χ2v) is 7.53.